The molecular weight excluding hydrogens is 404 g/mol. The fourth-order valence-electron chi connectivity index (χ4n) is 3.55. The van der Waals surface area contributed by atoms with Crippen LogP contribution in [0.5, 0.6) is 5.75 Å². The summed E-state index contributed by atoms with van der Waals surface area (Å²) in [6.45, 7) is 3.25. The van der Waals surface area contributed by atoms with Gasteiger partial charge in [-0.15, -0.1) is 0 Å². The highest BCUT2D eigenvalue weighted by atomic mass is 16.6. The zero-order valence-corrected chi connectivity index (χ0v) is 18.1. The Bertz CT molecular complexity index is 1240. The van der Waals surface area contributed by atoms with Gasteiger partial charge in [0.1, 0.15) is 17.4 Å². The van der Waals surface area contributed by atoms with Crippen molar-refractivity contribution in [3.8, 4) is 17.6 Å². The van der Waals surface area contributed by atoms with Crippen molar-refractivity contribution in [2.45, 2.75) is 25.4 Å². The summed E-state index contributed by atoms with van der Waals surface area (Å²) in [6.07, 6.45) is 5.35. The van der Waals surface area contributed by atoms with Crippen LogP contribution < -0.4 is 15.4 Å². The van der Waals surface area contributed by atoms with Crippen LogP contribution in [0.2, 0.25) is 0 Å². The SMILES string of the molecule is CNc1ncc(C#Cc2ccc(OC3(C)COC3)cc2)c2cc(NC(=O)C3CC3)ncc12. The van der Waals surface area contributed by atoms with Gasteiger partial charge in [-0.05, 0) is 50.1 Å². The number of pyridine rings is 2. The quantitative estimate of drug-likeness (QED) is 0.604. The number of rotatable bonds is 5. The maximum absolute atomic E-state index is 12.1. The van der Waals surface area contributed by atoms with Gasteiger partial charge in [-0.25, -0.2) is 9.97 Å². The van der Waals surface area contributed by atoms with Crippen LogP contribution >= 0.6 is 0 Å². The molecule has 0 unspecified atom stereocenters. The summed E-state index contributed by atoms with van der Waals surface area (Å²) in [6, 6.07) is 9.57. The van der Waals surface area contributed by atoms with Gasteiger partial charge in [0.15, 0.2) is 5.60 Å². The van der Waals surface area contributed by atoms with Crippen molar-refractivity contribution in [1.29, 1.82) is 0 Å². The highest BCUT2D eigenvalue weighted by molar-refractivity contribution is 5.99. The summed E-state index contributed by atoms with van der Waals surface area (Å²) in [5.74, 6) is 8.60. The van der Waals surface area contributed by atoms with E-state index in [9.17, 15) is 4.79 Å². The van der Waals surface area contributed by atoms with E-state index in [0.717, 1.165) is 40.5 Å². The molecule has 2 aromatic heterocycles. The van der Waals surface area contributed by atoms with E-state index in [4.69, 9.17) is 9.47 Å². The lowest BCUT2D eigenvalue weighted by Gasteiger charge is -2.38. The highest BCUT2D eigenvalue weighted by Crippen LogP contribution is 2.31. The molecule has 2 fully saturated rings. The number of hydrogen-bond donors (Lipinski definition) is 2. The van der Waals surface area contributed by atoms with E-state index in [0.29, 0.717) is 24.8 Å². The van der Waals surface area contributed by atoms with Crippen LogP contribution in [0, 0.1) is 17.8 Å². The Morgan fingerprint density at radius 2 is 1.91 bits per heavy atom. The summed E-state index contributed by atoms with van der Waals surface area (Å²) in [4.78, 5) is 21.0. The van der Waals surface area contributed by atoms with E-state index < -0.39 is 0 Å². The first-order chi connectivity index (χ1) is 15.5. The third-order valence-electron chi connectivity index (χ3n) is 5.58. The number of hydrogen-bond acceptors (Lipinski definition) is 6. The Kier molecular flexibility index (Phi) is 5.16. The molecule has 2 N–H and O–H groups in total. The zero-order chi connectivity index (χ0) is 22.1. The van der Waals surface area contributed by atoms with Gasteiger partial charge in [-0.2, -0.15) is 0 Å². The van der Waals surface area contributed by atoms with Gasteiger partial charge in [0.05, 0.1) is 18.8 Å². The molecule has 2 aliphatic rings. The molecule has 0 radical (unpaired) electrons. The zero-order valence-electron chi connectivity index (χ0n) is 18.1. The average molecular weight is 428 g/mol. The van der Waals surface area contributed by atoms with Gasteiger partial charge < -0.3 is 20.1 Å². The van der Waals surface area contributed by atoms with Crippen molar-refractivity contribution < 1.29 is 14.3 Å². The number of nitrogens with zero attached hydrogens (tertiary/aromatic N) is 2. The highest BCUT2D eigenvalue weighted by Gasteiger charge is 2.35. The second-order valence-electron chi connectivity index (χ2n) is 8.47. The normalized spacial score (nSPS) is 16.4. The second-order valence-corrected chi connectivity index (χ2v) is 8.47. The smallest absolute Gasteiger partial charge is 0.228 e. The molecule has 162 valence electrons. The molecule has 1 saturated carbocycles. The van der Waals surface area contributed by atoms with E-state index in [1.54, 1.807) is 12.4 Å². The fourth-order valence-corrected chi connectivity index (χ4v) is 3.55. The van der Waals surface area contributed by atoms with Crippen molar-refractivity contribution in [1.82, 2.24) is 9.97 Å². The Morgan fingerprint density at radius 1 is 1.12 bits per heavy atom. The van der Waals surface area contributed by atoms with Crippen molar-refractivity contribution in [2.75, 3.05) is 30.9 Å². The summed E-state index contributed by atoms with van der Waals surface area (Å²) in [5, 5.41) is 7.73. The third-order valence-corrected chi connectivity index (χ3v) is 5.58. The molecule has 7 nitrogen and oxygen atoms in total. The maximum atomic E-state index is 12.1. The predicted octanol–water partition coefficient (Wildman–Crippen LogP) is 3.59. The van der Waals surface area contributed by atoms with Crippen LogP contribution in [-0.2, 0) is 9.53 Å². The number of amides is 1. The number of fused-ring (bicyclic) bond motifs is 1. The van der Waals surface area contributed by atoms with E-state index >= 15 is 0 Å². The van der Waals surface area contributed by atoms with Gasteiger partial charge >= 0.3 is 0 Å². The second kappa shape index (κ2) is 8.13. The summed E-state index contributed by atoms with van der Waals surface area (Å²) in [7, 11) is 1.82. The molecule has 0 atom stereocenters. The Labute approximate surface area is 186 Å². The number of anilines is 2. The molecule has 0 spiro atoms. The molecule has 32 heavy (non-hydrogen) atoms. The lowest BCUT2D eigenvalue weighted by molar-refractivity contribution is -0.149. The number of aromatic nitrogens is 2. The number of ether oxygens (including phenoxy) is 2. The van der Waals surface area contributed by atoms with Gasteiger partial charge in [0, 0.05) is 41.7 Å². The molecule has 0 bridgehead atoms. The van der Waals surface area contributed by atoms with Crippen molar-refractivity contribution in [3.05, 3.63) is 53.9 Å². The maximum Gasteiger partial charge on any atom is 0.228 e. The van der Waals surface area contributed by atoms with Crippen LogP contribution in [0.1, 0.15) is 30.9 Å². The first-order valence-corrected chi connectivity index (χ1v) is 10.7. The molecular formula is C25H24N4O3. The molecule has 5 rings (SSSR count). The lowest BCUT2D eigenvalue weighted by atomic mass is 10.1. The number of carbonyl (C=O) groups excluding carboxylic acids is 1. The minimum absolute atomic E-state index is 0.0250. The van der Waals surface area contributed by atoms with Gasteiger partial charge in [-0.1, -0.05) is 11.8 Å². The number of carbonyl (C=O) groups is 1. The minimum atomic E-state index is -0.243. The number of benzene rings is 1. The van der Waals surface area contributed by atoms with Crippen LogP contribution in [0.4, 0.5) is 11.6 Å². The summed E-state index contributed by atoms with van der Waals surface area (Å²) >= 11 is 0. The van der Waals surface area contributed by atoms with Crippen molar-refractivity contribution >= 4 is 28.3 Å². The van der Waals surface area contributed by atoms with Crippen molar-refractivity contribution in [3.63, 3.8) is 0 Å². The largest absolute Gasteiger partial charge is 0.483 e. The summed E-state index contributed by atoms with van der Waals surface area (Å²) < 4.78 is 11.2. The Balaban J connectivity index is 1.42. The first kappa shape index (κ1) is 20.3. The Hall–Kier alpha value is -3.63. The van der Waals surface area contributed by atoms with E-state index in [2.05, 4.69) is 32.4 Å². The first-order valence-electron chi connectivity index (χ1n) is 10.7. The van der Waals surface area contributed by atoms with Crippen LogP contribution in [0.15, 0.2) is 42.7 Å². The lowest BCUT2D eigenvalue weighted by Crippen LogP contribution is -2.51. The van der Waals surface area contributed by atoms with Gasteiger partial charge in [-0.3, -0.25) is 4.79 Å². The van der Waals surface area contributed by atoms with Crippen LogP contribution in [0.25, 0.3) is 10.8 Å². The molecule has 1 saturated heterocycles. The van der Waals surface area contributed by atoms with Crippen LogP contribution in [0.3, 0.4) is 0 Å². The monoisotopic (exact) mass is 428 g/mol. The van der Waals surface area contributed by atoms with Crippen molar-refractivity contribution in [2.24, 2.45) is 5.92 Å². The molecule has 3 heterocycles. The molecule has 1 amide bonds. The third kappa shape index (κ3) is 4.23. The molecule has 1 aromatic carbocycles. The van der Waals surface area contributed by atoms with E-state index in [1.165, 1.54) is 0 Å². The van der Waals surface area contributed by atoms with E-state index in [1.807, 2.05) is 44.3 Å². The molecule has 1 aliphatic carbocycles. The summed E-state index contributed by atoms with van der Waals surface area (Å²) in [5.41, 5.74) is 1.39. The minimum Gasteiger partial charge on any atom is -0.483 e. The van der Waals surface area contributed by atoms with Gasteiger partial charge in [0.2, 0.25) is 5.91 Å². The molecule has 3 aromatic rings. The molecule has 7 heteroatoms. The Morgan fingerprint density at radius 3 is 2.56 bits per heavy atom. The molecule has 1 aliphatic heterocycles. The van der Waals surface area contributed by atoms with E-state index in [-0.39, 0.29) is 17.4 Å². The average Bonchev–Trinajstić information content (AvgIpc) is 3.63. The topological polar surface area (TPSA) is 85.4 Å². The standard InChI is InChI=1S/C25H24N4O3/c1-25(14-31-15-25)32-19-9-4-16(5-10-19)3-6-18-12-28-23(26-2)21-13-27-22(11-20(18)21)29-24(30)17-7-8-17/h4-5,9-13,17H,7-8,14-15H2,1-2H3,(H,26,28)(H,27,29,30). The van der Waals surface area contributed by atoms with Crippen LogP contribution in [-0.4, -0.2) is 41.7 Å². The predicted molar refractivity (Wildman–Crippen MR) is 123 cm³/mol. The fraction of sp³-hybridized carbons (Fsp3) is 0.320. The van der Waals surface area contributed by atoms with Gasteiger partial charge in [0.25, 0.3) is 0 Å². The number of nitrogens with one attached hydrogen (secondary N) is 2.